The summed E-state index contributed by atoms with van der Waals surface area (Å²) in [4.78, 5) is 46.3. The highest BCUT2D eigenvalue weighted by Crippen LogP contribution is 2.40. The summed E-state index contributed by atoms with van der Waals surface area (Å²) < 4.78 is 14.3. The number of nitrogens with one attached hydrogen (secondary N) is 2. The molecule has 2 heterocycles. The van der Waals surface area contributed by atoms with Crippen molar-refractivity contribution in [1.29, 1.82) is 0 Å². The Hall–Kier alpha value is -2.85. The molecule has 1 saturated carbocycles. The maximum Gasteiger partial charge on any atom is 0.258 e. The smallest absolute Gasteiger partial charge is 0.258 e. The van der Waals surface area contributed by atoms with Crippen LogP contribution in [0, 0.1) is 12.3 Å². The van der Waals surface area contributed by atoms with Crippen LogP contribution in [-0.2, 0) is 14.4 Å². The van der Waals surface area contributed by atoms with E-state index in [0.29, 0.717) is 19.4 Å². The average Bonchev–Trinajstić information content (AvgIpc) is 3.23. The second kappa shape index (κ2) is 10.5. The predicted octanol–water partition coefficient (Wildman–Crippen LogP) is 3.26. The fourth-order valence-electron chi connectivity index (χ4n) is 4.71. The van der Waals surface area contributed by atoms with Crippen LogP contribution in [0.3, 0.4) is 0 Å². The van der Waals surface area contributed by atoms with Gasteiger partial charge in [0.1, 0.15) is 12.1 Å². The van der Waals surface area contributed by atoms with E-state index in [0.717, 1.165) is 21.7 Å². The number of alkyl halides is 1. The summed E-state index contributed by atoms with van der Waals surface area (Å²) in [6, 6.07) is 5.84. The van der Waals surface area contributed by atoms with E-state index >= 15 is 0 Å². The number of benzene rings is 1. The summed E-state index contributed by atoms with van der Waals surface area (Å²) in [5.41, 5.74) is 8.19. The molecule has 0 radical (unpaired) electrons. The molecule has 1 saturated heterocycles. The summed E-state index contributed by atoms with van der Waals surface area (Å²) in [5.74, 6) is -1.40. The van der Waals surface area contributed by atoms with Crippen molar-refractivity contribution in [3.63, 3.8) is 0 Å². The quantitative estimate of drug-likeness (QED) is 0.485. The molecule has 1 aromatic heterocycles. The molecule has 2 aromatic rings. The maximum atomic E-state index is 14.3. The molecular formula is C27H36FN5O3S. The van der Waals surface area contributed by atoms with Crippen LogP contribution in [0.4, 0.5) is 4.39 Å². The van der Waals surface area contributed by atoms with Gasteiger partial charge in [-0.1, -0.05) is 45.0 Å². The van der Waals surface area contributed by atoms with Crippen molar-refractivity contribution in [2.75, 3.05) is 13.1 Å². The molecule has 3 atom stereocenters. The summed E-state index contributed by atoms with van der Waals surface area (Å²) in [6.45, 7) is 8.03. The molecule has 1 aliphatic heterocycles. The molecule has 3 unspecified atom stereocenters. The molecule has 0 bridgehead atoms. The third-order valence-corrected chi connectivity index (χ3v) is 8.17. The lowest BCUT2D eigenvalue weighted by atomic mass is 9.85. The third kappa shape index (κ3) is 5.85. The number of likely N-dealkylation sites (tertiary alicyclic amines) is 1. The van der Waals surface area contributed by atoms with E-state index in [-0.39, 0.29) is 31.2 Å². The summed E-state index contributed by atoms with van der Waals surface area (Å²) in [7, 11) is 0. The summed E-state index contributed by atoms with van der Waals surface area (Å²) in [6.07, 6.45) is 1.52. The lowest BCUT2D eigenvalue weighted by Gasteiger charge is -2.36. The second-order valence-corrected chi connectivity index (χ2v) is 12.0. The number of hydrogen-bond acceptors (Lipinski definition) is 6. The Morgan fingerprint density at radius 3 is 2.43 bits per heavy atom. The molecule has 8 nitrogen and oxygen atoms in total. The second-order valence-electron chi connectivity index (χ2n) is 11.1. The first-order valence-corrected chi connectivity index (χ1v) is 13.6. The summed E-state index contributed by atoms with van der Waals surface area (Å²) >= 11 is 1.58. The molecule has 200 valence electrons. The highest BCUT2D eigenvalue weighted by Gasteiger charge is 2.53. The van der Waals surface area contributed by atoms with Gasteiger partial charge in [-0.05, 0) is 49.1 Å². The molecule has 2 fully saturated rings. The van der Waals surface area contributed by atoms with Gasteiger partial charge in [-0.2, -0.15) is 0 Å². The maximum absolute atomic E-state index is 14.3. The number of carbonyl (C=O) groups is 3. The Morgan fingerprint density at radius 1 is 1.22 bits per heavy atom. The van der Waals surface area contributed by atoms with Crippen molar-refractivity contribution in [1.82, 2.24) is 20.5 Å². The standard InChI is InChI=1S/C27H36FN5O3S/c1-16-21(37-15-30-16)18-9-7-17(8-10-18)19(14-29)31-23(34)20-6-5-13-33(20)24(35)22(26(2,3)4)32-25(36)27(28)11-12-27/h7-10,15,19-20,22H,5-6,11-14,29H2,1-4H3,(H,31,34)(H,32,36). The number of amides is 3. The van der Waals surface area contributed by atoms with Crippen LogP contribution in [0.15, 0.2) is 29.8 Å². The van der Waals surface area contributed by atoms with Crippen LogP contribution >= 0.6 is 11.3 Å². The molecule has 0 spiro atoms. The molecule has 1 aromatic carbocycles. The normalized spacial score (nSPS) is 20.3. The van der Waals surface area contributed by atoms with Crippen molar-refractivity contribution in [3.05, 3.63) is 41.0 Å². The first-order valence-electron chi connectivity index (χ1n) is 12.8. The number of rotatable bonds is 8. The van der Waals surface area contributed by atoms with Crippen molar-refractivity contribution >= 4 is 29.1 Å². The number of aryl methyl sites for hydroxylation is 1. The highest BCUT2D eigenvalue weighted by molar-refractivity contribution is 7.13. The van der Waals surface area contributed by atoms with Crippen LogP contribution < -0.4 is 16.4 Å². The van der Waals surface area contributed by atoms with Gasteiger partial charge in [0.05, 0.1) is 22.1 Å². The minimum absolute atomic E-state index is 0.171. The monoisotopic (exact) mass is 529 g/mol. The van der Waals surface area contributed by atoms with Gasteiger partial charge >= 0.3 is 0 Å². The van der Waals surface area contributed by atoms with Gasteiger partial charge in [0.25, 0.3) is 5.91 Å². The number of aromatic nitrogens is 1. The molecule has 37 heavy (non-hydrogen) atoms. The van der Waals surface area contributed by atoms with Crippen LogP contribution in [0.1, 0.15) is 63.8 Å². The predicted molar refractivity (Wildman–Crippen MR) is 141 cm³/mol. The fourth-order valence-corrected chi connectivity index (χ4v) is 5.52. The van der Waals surface area contributed by atoms with Gasteiger partial charge in [0.2, 0.25) is 11.8 Å². The van der Waals surface area contributed by atoms with Crippen LogP contribution in [-0.4, -0.2) is 58.4 Å². The zero-order valence-electron chi connectivity index (χ0n) is 21.8. The van der Waals surface area contributed by atoms with Crippen LogP contribution in [0.5, 0.6) is 0 Å². The van der Waals surface area contributed by atoms with Crippen molar-refractivity contribution in [2.24, 2.45) is 11.1 Å². The first-order chi connectivity index (χ1) is 17.4. The van der Waals surface area contributed by atoms with Crippen LogP contribution in [0.25, 0.3) is 10.4 Å². The highest BCUT2D eigenvalue weighted by atomic mass is 32.1. The average molecular weight is 530 g/mol. The molecule has 1 aliphatic carbocycles. The lowest BCUT2D eigenvalue weighted by Crippen LogP contribution is -2.59. The zero-order chi connectivity index (χ0) is 27.0. The molecule has 2 aliphatic rings. The SMILES string of the molecule is Cc1ncsc1-c1ccc(C(CN)NC(=O)C2CCCN2C(=O)C(NC(=O)C2(F)CC2)C(C)(C)C)cc1. The topological polar surface area (TPSA) is 117 Å². The van der Waals surface area contributed by atoms with E-state index < -0.39 is 35.1 Å². The van der Waals surface area contributed by atoms with Crippen molar-refractivity contribution in [3.8, 4) is 10.4 Å². The Labute approximate surface area is 221 Å². The van der Waals surface area contributed by atoms with E-state index in [1.165, 1.54) is 4.90 Å². The number of hydrogen-bond donors (Lipinski definition) is 3. The molecule has 4 rings (SSSR count). The van der Waals surface area contributed by atoms with Gasteiger partial charge in [-0.25, -0.2) is 9.37 Å². The van der Waals surface area contributed by atoms with E-state index in [9.17, 15) is 18.8 Å². The molecule has 3 amide bonds. The van der Waals surface area contributed by atoms with Gasteiger partial charge in [0, 0.05) is 13.1 Å². The van der Waals surface area contributed by atoms with Gasteiger partial charge in [0.15, 0.2) is 5.67 Å². The summed E-state index contributed by atoms with van der Waals surface area (Å²) in [5, 5.41) is 5.65. The minimum atomic E-state index is -1.88. The Bertz CT molecular complexity index is 1160. The fraction of sp³-hybridized carbons (Fsp3) is 0.556. The van der Waals surface area contributed by atoms with Gasteiger partial charge in [-0.3, -0.25) is 14.4 Å². The van der Waals surface area contributed by atoms with Crippen molar-refractivity contribution < 1.29 is 18.8 Å². The van der Waals surface area contributed by atoms with Crippen molar-refractivity contribution in [2.45, 2.75) is 77.2 Å². The Balaban J connectivity index is 1.45. The number of nitrogens with zero attached hydrogens (tertiary/aromatic N) is 2. The van der Waals surface area contributed by atoms with E-state index in [1.54, 1.807) is 11.3 Å². The Kier molecular flexibility index (Phi) is 7.71. The zero-order valence-corrected chi connectivity index (χ0v) is 22.7. The van der Waals surface area contributed by atoms with E-state index in [2.05, 4.69) is 15.6 Å². The number of carbonyl (C=O) groups excluding carboxylic acids is 3. The lowest BCUT2D eigenvalue weighted by molar-refractivity contribution is -0.145. The number of halogens is 1. The van der Waals surface area contributed by atoms with Gasteiger partial charge < -0.3 is 21.3 Å². The minimum Gasteiger partial charge on any atom is -0.346 e. The van der Waals surface area contributed by atoms with Gasteiger partial charge in [-0.15, -0.1) is 11.3 Å². The first kappa shape index (κ1) is 27.2. The number of nitrogens with two attached hydrogens (primary N) is 1. The number of thiazole rings is 1. The third-order valence-electron chi connectivity index (χ3n) is 7.20. The Morgan fingerprint density at radius 2 is 1.89 bits per heavy atom. The molecule has 4 N–H and O–H groups in total. The van der Waals surface area contributed by atoms with Crippen LogP contribution in [0.2, 0.25) is 0 Å². The van der Waals surface area contributed by atoms with E-state index in [4.69, 9.17) is 5.73 Å². The molecular weight excluding hydrogens is 493 g/mol. The molecule has 10 heteroatoms. The largest absolute Gasteiger partial charge is 0.346 e. The van der Waals surface area contributed by atoms with E-state index in [1.807, 2.05) is 57.5 Å².